The zero-order chi connectivity index (χ0) is 13.8. The summed E-state index contributed by atoms with van der Waals surface area (Å²) in [5, 5.41) is -0.342. The molecule has 2 rings (SSSR count). The van der Waals surface area contributed by atoms with Gasteiger partial charge in [0.2, 0.25) is 0 Å². The minimum absolute atomic E-state index is 0.0561. The van der Waals surface area contributed by atoms with E-state index in [1.54, 1.807) is 18.2 Å². The van der Waals surface area contributed by atoms with E-state index < -0.39 is 5.24 Å². The van der Waals surface area contributed by atoms with Crippen LogP contribution in [0.4, 0.5) is 4.39 Å². The Morgan fingerprint density at radius 2 is 1.95 bits per heavy atom. The molecule has 2 nitrogen and oxygen atoms in total. The van der Waals surface area contributed by atoms with E-state index in [0.29, 0.717) is 11.3 Å². The molecule has 5 heteroatoms. The van der Waals surface area contributed by atoms with E-state index in [9.17, 15) is 9.18 Å². The van der Waals surface area contributed by atoms with Gasteiger partial charge in [-0.2, -0.15) is 0 Å². The minimum Gasteiger partial charge on any atom is -0.487 e. The monoisotopic (exact) mass is 298 g/mol. The van der Waals surface area contributed by atoms with Gasteiger partial charge in [0.25, 0.3) is 5.24 Å². The fourth-order valence-electron chi connectivity index (χ4n) is 1.51. The van der Waals surface area contributed by atoms with Crippen LogP contribution in [0.2, 0.25) is 5.02 Å². The van der Waals surface area contributed by atoms with Crippen molar-refractivity contribution < 1.29 is 13.9 Å². The van der Waals surface area contributed by atoms with Crippen molar-refractivity contribution in [3.05, 3.63) is 64.4 Å². The number of carbonyl (C=O) groups is 1. The molecule has 98 valence electrons. The standard InChI is InChI=1S/C14H9Cl2FO2/c15-11-7-9(14(16)18)5-6-13(11)19-8-10-3-1-2-4-12(10)17/h1-7H,8H2. The van der Waals surface area contributed by atoms with Crippen LogP contribution in [0.1, 0.15) is 15.9 Å². The molecule has 0 bridgehead atoms. The lowest BCUT2D eigenvalue weighted by molar-refractivity contribution is 0.108. The van der Waals surface area contributed by atoms with Crippen LogP contribution in [-0.4, -0.2) is 5.24 Å². The summed E-state index contributed by atoms with van der Waals surface area (Å²) in [6.07, 6.45) is 0. The number of ether oxygens (including phenoxy) is 1. The van der Waals surface area contributed by atoms with Crippen molar-refractivity contribution in [2.75, 3.05) is 0 Å². The van der Waals surface area contributed by atoms with Gasteiger partial charge in [-0.1, -0.05) is 29.8 Å². The van der Waals surface area contributed by atoms with Crippen molar-refractivity contribution in [1.29, 1.82) is 0 Å². The van der Waals surface area contributed by atoms with Crippen molar-refractivity contribution >= 4 is 28.4 Å². The molecular weight excluding hydrogens is 290 g/mol. The molecule has 0 fully saturated rings. The van der Waals surface area contributed by atoms with Crippen molar-refractivity contribution in [2.24, 2.45) is 0 Å². The van der Waals surface area contributed by atoms with E-state index in [4.69, 9.17) is 27.9 Å². The summed E-state index contributed by atoms with van der Waals surface area (Å²) in [4.78, 5) is 10.9. The Bertz CT molecular complexity index is 614. The van der Waals surface area contributed by atoms with Gasteiger partial charge in [-0.25, -0.2) is 4.39 Å². The van der Waals surface area contributed by atoms with Gasteiger partial charge in [0, 0.05) is 11.1 Å². The molecule has 19 heavy (non-hydrogen) atoms. The molecule has 0 aliphatic heterocycles. The molecule has 2 aromatic carbocycles. The molecule has 0 aliphatic carbocycles. The Balaban J connectivity index is 2.12. The number of benzene rings is 2. The van der Waals surface area contributed by atoms with Crippen LogP contribution in [0.15, 0.2) is 42.5 Å². The number of carbonyl (C=O) groups excluding carboxylic acids is 1. The van der Waals surface area contributed by atoms with Gasteiger partial charge < -0.3 is 4.74 Å². The number of hydrogen-bond acceptors (Lipinski definition) is 2. The SMILES string of the molecule is O=C(Cl)c1ccc(OCc2ccccc2F)c(Cl)c1. The first-order valence-corrected chi connectivity index (χ1v) is 6.19. The Kier molecular flexibility index (Phi) is 4.40. The van der Waals surface area contributed by atoms with Crippen LogP contribution in [0.5, 0.6) is 5.75 Å². The van der Waals surface area contributed by atoms with Crippen LogP contribution in [-0.2, 0) is 6.61 Å². The smallest absolute Gasteiger partial charge is 0.252 e. The molecule has 0 saturated heterocycles. The molecule has 0 aliphatic rings. The lowest BCUT2D eigenvalue weighted by atomic mass is 10.2. The van der Waals surface area contributed by atoms with Crippen LogP contribution >= 0.6 is 23.2 Å². The van der Waals surface area contributed by atoms with Gasteiger partial charge in [-0.3, -0.25) is 4.79 Å². The number of halogens is 3. The van der Waals surface area contributed by atoms with Gasteiger partial charge in [0.1, 0.15) is 18.2 Å². The molecule has 0 radical (unpaired) electrons. The topological polar surface area (TPSA) is 26.3 Å². The lowest BCUT2D eigenvalue weighted by Crippen LogP contribution is -1.99. The third kappa shape index (κ3) is 3.46. The molecule has 0 heterocycles. The zero-order valence-electron chi connectivity index (χ0n) is 9.70. The fourth-order valence-corrected chi connectivity index (χ4v) is 1.86. The molecule has 0 spiro atoms. The first kappa shape index (κ1) is 13.8. The summed E-state index contributed by atoms with van der Waals surface area (Å²) >= 11 is 11.3. The maximum Gasteiger partial charge on any atom is 0.252 e. The van der Waals surface area contributed by atoms with E-state index in [2.05, 4.69) is 0 Å². The molecule has 0 N–H and O–H groups in total. The molecule has 0 aromatic heterocycles. The van der Waals surface area contributed by atoms with Crippen LogP contribution < -0.4 is 4.74 Å². The fraction of sp³-hybridized carbons (Fsp3) is 0.0714. The summed E-state index contributed by atoms with van der Waals surface area (Å²) in [7, 11) is 0. The summed E-state index contributed by atoms with van der Waals surface area (Å²) < 4.78 is 18.8. The third-order valence-corrected chi connectivity index (χ3v) is 3.01. The predicted octanol–water partition coefficient (Wildman–Crippen LogP) is 4.44. The number of hydrogen-bond donors (Lipinski definition) is 0. The quantitative estimate of drug-likeness (QED) is 0.780. The number of rotatable bonds is 4. The second kappa shape index (κ2) is 6.04. The summed E-state index contributed by atoms with van der Waals surface area (Å²) in [5.74, 6) is 0.0257. The predicted molar refractivity (Wildman–Crippen MR) is 72.4 cm³/mol. The van der Waals surface area contributed by atoms with Crippen LogP contribution in [0, 0.1) is 5.82 Å². The first-order valence-electron chi connectivity index (χ1n) is 5.43. The van der Waals surface area contributed by atoms with Crippen LogP contribution in [0.3, 0.4) is 0 Å². The first-order chi connectivity index (χ1) is 9.08. The highest BCUT2D eigenvalue weighted by atomic mass is 35.5. The zero-order valence-corrected chi connectivity index (χ0v) is 11.2. The second-order valence-corrected chi connectivity index (χ2v) is 4.55. The summed E-state index contributed by atoms with van der Waals surface area (Å²) in [5.41, 5.74) is 0.709. The van der Waals surface area contributed by atoms with E-state index in [1.165, 1.54) is 24.3 Å². The molecule has 0 amide bonds. The molecular formula is C14H9Cl2FO2. The summed E-state index contributed by atoms with van der Waals surface area (Å²) in [6.45, 7) is 0.0561. The molecule has 0 unspecified atom stereocenters. The molecule has 0 saturated carbocycles. The van der Waals surface area contributed by atoms with Gasteiger partial charge >= 0.3 is 0 Å². The Labute approximate surface area is 119 Å². The molecule has 2 aromatic rings. The summed E-state index contributed by atoms with van der Waals surface area (Å²) in [6, 6.07) is 10.7. The van der Waals surface area contributed by atoms with Crippen molar-refractivity contribution in [1.82, 2.24) is 0 Å². The second-order valence-electron chi connectivity index (χ2n) is 3.80. The highest BCUT2D eigenvalue weighted by molar-refractivity contribution is 6.67. The van der Waals surface area contributed by atoms with Crippen molar-refractivity contribution in [3.8, 4) is 5.75 Å². The average Bonchev–Trinajstić information content (AvgIpc) is 2.39. The van der Waals surface area contributed by atoms with Gasteiger partial charge in [0.05, 0.1) is 5.02 Å². The van der Waals surface area contributed by atoms with E-state index >= 15 is 0 Å². The maximum absolute atomic E-state index is 13.4. The van der Waals surface area contributed by atoms with E-state index in [0.717, 1.165) is 0 Å². The highest BCUT2D eigenvalue weighted by Crippen LogP contribution is 2.27. The van der Waals surface area contributed by atoms with Crippen molar-refractivity contribution in [3.63, 3.8) is 0 Å². The maximum atomic E-state index is 13.4. The largest absolute Gasteiger partial charge is 0.487 e. The van der Waals surface area contributed by atoms with Crippen molar-refractivity contribution in [2.45, 2.75) is 6.61 Å². The van der Waals surface area contributed by atoms with Gasteiger partial charge in [-0.15, -0.1) is 0 Å². The lowest BCUT2D eigenvalue weighted by Gasteiger charge is -2.09. The Morgan fingerprint density at radius 1 is 1.21 bits per heavy atom. The van der Waals surface area contributed by atoms with Crippen LogP contribution in [0.25, 0.3) is 0 Å². The third-order valence-electron chi connectivity index (χ3n) is 2.50. The van der Waals surface area contributed by atoms with E-state index in [-0.39, 0.29) is 23.0 Å². The normalized spacial score (nSPS) is 10.3. The average molecular weight is 299 g/mol. The minimum atomic E-state index is -0.595. The molecule has 0 atom stereocenters. The van der Waals surface area contributed by atoms with E-state index in [1.807, 2.05) is 0 Å². The highest BCUT2D eigenvalue weighted by Gasteiger charge is 2.08. The Morgan fingerprint density at radius 3 is 2.58 bits per heavy atom. The van der Waals surface area contributed by atoms with Gasteiger partial charge in [-0.05, 0) is 35.9 Å². The Hall–Kier alpha value is -1.58. The van der Waals surface area contributed by atoms with Gasteiger partial charge in [0.15, 0.2) is 0 Å².